The maximum atomic E-state index is 6.43. The highest BCUT2D eigenvalue weighted by Gasteiger charge is 2.48. The first-order valence-corrected chi connectivity index (χ1v) is 7.93. The van der Waals surface area contributed by atoms with E-state index in [2.05, 4.69) is 11.3 Å². The van der Waals surface area contributed by atoms with E-state index in [9.17, 15) is 0 Å². The van der Waals surface area contributed by atoms with Gasteiger partial charge in [-0.2, -0.15) is 5.10 Å². The van der Waals surface area contributed by atoms with Gasteiger partial charge in [0, 0.05) is 24.8 Å². The molecule has 0 saturated heterocycles. The second-order valence-corrected chi connectivity index (χ2v) is 7.38. The normalized spacial score (nSPS) is 41.7. The van der Waals surface area contributed by atoms with Crippen molar-refractivity contribution in [2.45, 2.75) is 44.6 Å². The van der Waals surface area contributed by atoms with E-state index >= 15 is 0 Å². The van der Waals surface area contributed by atoms with E-state index < -0.39 is 0 Å². The molecule has 19 heavy (non-hydrogen) atoms. The predicted molar refractivity (Wildman–Crippen MR) is 75.3 cm³/mol. The van der Waals surface area contributed by atoms with Crippen molar-refractivity contribution in [3.05, 3.63) is 18.0 Å². The molecular formula is C16H25N3. The first-order valence-electron chi connectivity index (χ1n) is 7.93. The fraction of sp³-hybridized carbons (Fsp3) is 0.812. The van der Waals surface area contributed by atoms with Crippen molar-refractivity contribution in [2.75, 3.05) is 0 Å². The Morgan fingerprint density at radius 3 is 2.37 bits per heavy atom. The topological polar surface area (TPSA) is 43.8 Å². The Morgan fingerprint density at radius 2 is 1.84 bits per heavy atom. The van der Waals surface area contributed by atoms with E-state index in [1.165, 1.54) is 44.1 Å². The summed E-state index contributed by atoms with van der Waals surface area (Å²) < 4.78 is 1.87. The molecule has 0 amide bonds. The van der Waals surface area contributed by atoms with Crippen molar-refractivity contribution < 1.29 is 0 Å². The van der Waals surface area contributed by atoms with Gasteiger partial charge in [0.1, 0.15) is 0 Å². The summed E-state index contributed by atoms with van der Waals surface area (Å²) in [6.45, 7) is 0. The van der Waals surface area contributed by atoms with Gasteiger partial charge in [0.2, 0.25) is 0 Å². The summed E-state index contributed by atoms with van der Waals surface area (Å²) in [4.78, 5) is 0. The molecule has 4 fully saturated rings. The maximum Gasteiger partial charge on any atom is 0.0537 e. The molecule has 1 atom stereocenters. The number of hydrogen-bond donors (Lipinski definition) is 1. The lowest BCUT2D eigenvalue weighted by molar-refractivity contribution is -0.0420. The van der Waals surface area contributed by atoms with Crippen LogP contribution in [0.15, 0.2) is 12.4 Å². The summed E-state index contributed by atoms with van der Waals surface area (Å²) in [7, 11) is 1.97. The van der Waals surface area contributed by atoms with Crippen molar-refractivity contribution in [2.24, 2.45) is 42.4 Å². The van der Waals surface area contributed by atoms with E-state index in [-0.39, 0.29) is 6.04 Å². The first kappa shape index (κ1) is 12.0. The minimum Gasteiger partial charge on any atom is -0.324 e. The van der Waals surface area contributed by atoms with Gasteiger partial charge in [-0.3, -0.25) is 4.68 Å². The van der Waals surface area contributed by atoms with Gasteiger partial charge in [-0.25, -0.2) is 0 Å². The van der Waals surface area contributed by atoms with Crippen LogP contribution >= 0.6 is 0 Å². The lowest BCUT2D eigenvalue weighted by Crippen LogP contribution is -2.45. The molecular weight excluding hydrogens is 234 g/mol. The quantitative estimate of drug-likeness (QED) is 0.907. The minimum atomic E-state index is 0.191. The molecule has 0 aliphatic heterocycles. The van der Waals surface area contributed by atoms with Gasteiger partial charge in [0.25, 0.3) is 0 Å². The second kappa shape index (κ2) is 4.34. The summed E-state index contributed by atoms with van der Waals surface area (Å²) in [6.07, 6.45) is 12.7. The van der Waals surface area contributed by atoms with Gasteiger partial charge in [-0.15, -0.1) is 0 Å². The highest BCUT2D eigenvalue weighted by Crippen LogP contribution is 2.58. The monoisotopic (exact) mass is 259 g/mol. The Bertz CT molecular complexity index is 436. The summed E-state index contributed by atoms with van der Waals surface area (Å²) in [5.74, 6) is 4.99. The second-order valence-electron chi connectivity index (χ2n) is 7.38. The molecule has 3 heteroatoms. The van der Waals surface area contributed by atoms with Crippen LogP contribution in [0.25, 0.3) is 0 Å². The van der Waals surface area contributed by atoms with Crippen LogP contribution in [0.4, 0.5) is 0 Å². The van der Waals surface area contributed by atoms with Crippen LogP contribution in [-0.4, -0.2) is 9.78 Å². The van der Waals surface area contributed by atoms with Crippen molar-refractivity contribution in [1.82, 2.24) is 9.78 Å². The SMILES string of the molecule is Cn1cc(C(N)CC2C3CC4CC(C3)CC2C4)cn1. The summed E-state index contributed by atoms with van der Waals surface area (Å²) in [5.41, 5.74) is 7.65. The van der Waals surface area contributed by atoms with Crippen molar-refractivity contribution >= 4 is 0 Å². The summed E-state index contributed by atoms with van der Waals surface area (Å²) in [5, 5.41) is 4.26. The van der Waals surface area contributed by atoms with Crippen molar-refractivity contribution in [3.63, 3.8) is 0 Å². The lowest BCUT2D eigenvalue weighted by atomic mass is 9.51. The van der Waals surface area contributed by atoms with Gasteiger partial charge in [-0.05, 0) is 68.1 Å². The van der Waals surface area contributed by atoms with Crippen LogP contribution in [0.3, 0.4) is 0 Å². The average molecular weight is 259 g/mol. The predicted octanol–water partition coefficient (Wildman–Crippen LogP) is 2.88. The van der Waals surface area contributed by atoms with Crippen molar-refractivity contribution in [1.29, 1.82) is 0 Å². The smallest absolute Gasteiger partial charge is 0.0537 e. The highest BCUT2D eigenvalue weighted by atomic mass is 15.2. The lowest BCUT2D eigenvalue weighted by Gasteiger charge is -2.55. The average Bonchev–Trinajstić information content (AvgIpc) is 2.79. The Labute approximate surface area is 115 Å². The van der Waals surface area contributed by atoms with Crippen LogP contribution in [0.1, 0.15) is 50.1 Å². The van der Waals surface area contributed by atoms with E-state index in [0.717, 1.165) is 29.6 Å². The third-order valence-corrected chi connectivity index (χ3v) is 6.10. The molecule has 2 N–H and O–H groups in total. The van der Waals surface area contributed by atoms with Gasteiger partial charge in [0.15, 0.2) is 0 Å². The van der Waals surface area contributed by atoms with Gasteiger partial charge in [0.05, 0.1) is 6.20 Å². The highest BCUT2D eigenvalue weighted by molar-refractivity contribution is 5.10. The van der Waals surface area contributed by atoms with Gasteiger partial charge < -0.3 is 5.73 Å². The van der Waals surface area contributed by atoms with Gasteiger partial charge >= 0.3 is 0 Å². The number of aromatic nitrogens is 2. The molecule has 0 radical (unpaired) electrons. The first-order chi connectivity index (χ1) is 9.19. The Morgan fingerprint density at radius 1 is 1.21 bits per heavy atom. The van der Waals surface area contributed by atoms with E-state index in [4.69, 9.17) is 5.73 Å². The molecule has 5 rings (SSSR count). The Hall–Kier alpha value is -0.830. The molecule has 1 aromatic rings. The van der Waals surface area contributed by atoms with Gasteiger partial charge in [-0.1, -0.05) is 0 Å². The fourth-order valence-corrected chi connectivity index (χ4v) is 5.48. The number of nitrogens with zero attached hydrogens (tertiary/aromatic N) is 2. The number of nitrogens with two attached hydrogens (primary N) is 1. The molecule has 1 heterocycles. The molecule has 4 bridgehead atoms. The molecule has 104 valence electrons. The van der Waals surface area contributed by atoms with E-state index in [0.29, 0.717) is 0 Å². The number of hydrogen-bond acceptors (Lipinski definition) is 2. The standard InChI is InChI=1S/C16H25N3/c1-19-9-14(8-18-19)16(17)7-15-12-3-10-2-11(5-12)6-13(15)4-10/h8-13,15-16H,2-7,17H2,1H3. The molecule has 0 spiro atoms. The van der Waals surface area contributed by atoms with Crippen LogP contribution in [0, 0.1) is 29.6 Å². The summed E-state index contributed by atoms with van der Waals surface area (Å²) in [6, 6.07) is 0.191. The molecule has 3 nitrogen and oxygen atoms in total. The van der Waals surface area contributed by atoms with E-state index in [1.807, 2.05) is 17.9 Å². The maximum absolute atomic E-state index is 6.43. The van der Waals surface area contributed by atoms with Crippen LogP contribution < -0.4 is 5.73 Å². The molecule has 4 saturated carbocycles. The zero-order chi connectivity index (χ0) is 13.0. The third kappa shape index (κ3) is 2.03. The summed E-state index contributed by atoms with van der Waals surface area (Å²) >= 11 is 0. The minimum absolute atomic E-state index is 0.191. The molecule has 4 aliphatic carbocycles. The Balaban J connectivity index is 1.48. The van der Waals surface area contributed by atoms with E-state index in [1.54, 1.807) is 0 Å². The fourth-order valence-electron chi connectivity index (χ4n) is 5.48. The zero-order valence-corrected chi connectivity index (χ0v) is 11.8. The molecule has 4 aliphatic rings. The third-order valence-electron chi connectivity index (χ3n) is 6.10. The largest absolute Gasteiger partial charge is 0.324 e. The van der Waals surface area contributed by atoms with Crippen LogP contribution in [0.5, 0.6) is 0 Å². The van der Waals surface area contributed by atoms with Crippen molar-refractivity contribution in [3.8, 4) is 0 Å². The molecule has 0 aromatic carbocycles. The molecule has 1 aromatic heterocycles. The Kier molecular flexibility index (Phi) is 2.73. The number of rotatable bonds is 3. The van der Waals surface area contributed by atoms with Crippen LogP contribution in [0.2, 0.25) is 0 Å². The van der Waals surface area contributed by atoms with Crippen LogP contribution in [-0.2, 0) is 7.05 Å². The number of aryl methyl sites for hydroxylation is 1. The zero-order valence-electron chi connectivity index (χ0n) is 11.8. The molecule has 1 unspecified atom stereocenters.